The topological polar surface area (TPSA) is 60.7 Å². The van der Waals surface area contributed by atoms with E-state index in [-0.39, 0.29) is 5.78 Å². The van der Waals surface area contributed by atoms with E-state index in [1.165, 1.54) is 23.1 Å². The van der Waals surface area contributed by atoms with Crippen molar-refractivity contribution in [2.45, 2.75) is 19.0 Å². The maximum Gasteiger partial charge on any atom is 0.214 e. The number of hydrogen-bond donors (Lipinski definition) is 0. The molecule has 0 N–H and O–H groups in total. The number of aromatic nitrogens is 4. The van der Waals surface area contributed by atoms with Crippen LogP contribution in [-0.4, -0.2) is 31.7 Å². The maximum absolute atomic E-state index is 12.2. The molecule has 0 bridgehead atoms. The molecule has 0 aliphatic heterocycles. The first-order chi connectivity index (χ1) is 10.6. The van der Waals surface area contributed by atoms with Crippen molar-refractivity contribution in [3.8, 4) is 5.69 Å². The van der Waals surface area contributed by atoms with Gasteiger partial charge >= 0.3 is 0 Å². The van der Waals surface area contributed by atoms with E-state index in [1.54, 1.807) is 4.68 Å². The molecular formula is C15H14N4OS2. The predicted octanol–water partition coefficient (Wildman–Crippen LogP) is 3.32. The predicted molar refractivity (Wildman–Crippen MR) is 88.0 cm³/mol. The number of thioether (sulfide) groups is 1. The van der Waals surface area contributed by atoms with Crippen molar-refractivity contribution in [1.29, 1.82) is 0 Å². The highest BCUT2D eigenvalue weighted by molar-refractivity contribution is 7.99. The van der Waals surface area contributed by atoms with Gasteiger partial charge in [-0.1, -0.05) is 23.9 Å². The normalized spacial score (nSPS) is 10.8. The molecule has 0 saturated heterocycles. The molecular weight excluding hydrogens is 316 g/mol. The van der Waals surface area contributed by atoms with Crippen LogP contribution in [0.2, 0.25) is 0 Å². The molecule has 0 fully saturated rings. The van der Waals surface area contributed by atoms with Gasteiger partial charge in [-0.25, -0.2) is 0 Å². The molecule has 0 radical (unpaired) electrons. The lowest BCUT2D eigenvalue weighted by Crippen LogP contribution is -2.03. The van der Waals surface area contributed by atoms with Gasteiger partial charge in [0.1, 0.15) is 0 Å². The highest BCUT2D eigenvalue weighted by Gasteiger charge is 2.13. The van der Waals surface area contributed by atoms with Crippen LogP contribution >= 0.6 is 23.1 Å². The van der Waals surface area contributed by atoms with Gasteiger partial charge in [-0.05, 0) is 54.1 Å². The zero-order valence-corrected chi connectivity index (χ0v) is 13.8. The first-order valence-electron chi connectivity index (χ1n) is 6.71. The molecule has 112 valence electrons. The SMILES string of the molecule is Cc1cccc(-n2nnnc2SCC(=O)c2ccc(C)s2)c1. The molecule has 0 aliphatic carbocycles. The zero-order chi connectivity index (χ0) is 15.5. The van der Waals surface area contributed by atoms with Gasteiger partial charge in [0, 0.05) is 4.88 Å². The third-order valence-electron chi connectivity index (χ3n) is 3.03. The minimum absolute atomic E-state index is 0.0990. The number of hydrogen-bond acceptors (Lipinski definition) is 6. The van der Waals surface area contributed by atoms with Crippen LogP contribution in [0.25, 0.3) is 5.69 Å². The number of aryl methyl sites for hydroxylation is 2. The van der Waals surface area contributed by atoms with Crippen LogP contribution in [0.15, 0.2) is 41.6 Å². The lowest BCUT2D eigenvalue weighted by atomic mass is 10.2. The lowest BCUT2D eigenvalue weighted by Gasteiger charge is -2.04. The molecule has 7 heteroatoms. The van der Waals surface area contributed by atoms with Gasteiger partial charge in [0.2, 0.25) is 5.16 Å². The Morgan fingerprint density at radius 1 is 1.27 bits per heavy atom. The number of ketones is 1. The molecule has 0 unspecified atom stereocenters. The van der Waals surface area contributed by atoms with E-state index in [0.717, 1.165) is 21.0 Å². The number of carbonyl (C=O) groups is 1. The fourth-order valence-electron chi connectivity index (χ4n) is 1.98. The van der Waals surface area contributed by atoms with E-state index in [4.69, 9.17) is 0 Å². The second kappa shape index (κ2) is 6.41. The van der Waals surface area contributed by atoms with E-state index < -0.39 is 0 Å². The fraction of sp³-hybridized carbons (Fsp3) is 0.200. The summed E-state index contributed by atoms with van der Waals surface area (Å²) >= 11 is 2.86. The van der Waals surface area contributed by atoms with Crippen LogP contribution in [0.5, 0.6) is 0 Å². The molecule has 0 aliphatic rings. The van der Waals surface area contributed by atoms with E-state index in [9.17, 15) is 4.79 Å². The van der Waals surface area contributed by atoms with Gasteiger partial charge < -0.3 is 0 Å². The van der Waals surface area contributed by atoms with Crippen LogP contribution < -0.4 is 0 Å². The first kappa shape index (κ1) is 14.9. The molecule has 22 heavy (non-hydrogen) atoms. The Morgan fingerprint density at radius 3 is 2.86 bits per heavy atom. The lowest BCUT2D eigenvalue weighted by molar-refractivity contribution is 0.102. The van der Waals surface area contributed by atoms with Crippen molar-refractivity contribution in [3.05, 3.63) is 51.7 Å². The van der Waals surface area contributed by atoms with Crippen LogP contribution in [0.3, 0.4) is 0 Å². The number of tetrazole rings is 1. The largest absolute Gasteiger partial charge is 0.292 e. The molecule has 5 nitrogen and oxygen atoms in total. The van der Waals surface area contributed by atoms with Crippen molar-refractivity contribution < 1.29 is 4.79 Å². The number of thiophene rings is 1. The molecule has 1 aromatic carbocycles. The van der Waals surface area contributed by atoms with Crippen molar-refractivity contribution in [2.75, 3.05) is 5.75 Å². The molecule has 3 aromatic rings. The van der Waals surface area contributed by atoms with E-state index in [0.29, 0.717) is 10.9 Å². The monoisotopic (exact) mass is 330 g/mol. The van der Waals surface area contributed by atoms with Crippen LogP contribution in [0.1, 0.15) is 20.1 Å². The summed E-state index contributed by atoms with van der Waals surface area (Å²) in [6.07, 6.45) is 0. The third-order valence-corrected chi connectivity index (χ3v) is 5.00. The fourth-order valence-corrected chi connectivity index (χ4v) is 3.65. The Balaban J connectivity index is 1.74. The van der Waals surface area contributed by atoms with Gasteiger partial charge in [0.15, 0.2) is 5.78 Å². The van der Waals surface area contributed by atoms with Gasteiger partial charge in [0.05, 0.1) is 16.3 Å². The second-order valence-corrected chi connectivity index (χ2v) is 7.06. The molecule has 2 aromatic heterocycles. The van der Waals surface area contributed by atoms with Gasteiger partial charge in [-0.2, -0.15) is 4.68 Å². The summed E-state index contributed by atoms with van der Waals surface area (Å²) in [5.74, 6) is 0.425. The van der Waals surface area contributed by atoms with Gasteiger partial charge in [0.25, 0.3) is 0 Å². The highest BCUT2D eigenvalue weighted by atomic mass is 32.2. The molecule has 0 spiro atoms. The molecule has 3 rings (SSSR count). The third kappa shape index (κ3) is 3.26. The summed E-state index contributed by atoms with van der Waals surface area (Å²) < 4.78 is 1.66. The van der Waals surface area contributed by atoms with Crippen molar-refractivity contribution in [2.24, 2.45) is 0 Å². The van der Waals surface area contributed by atoms with E-state index in [1.807, 2.05) is 50.2 Å². The molecule has 0 atom stereocenters. The van der Waals surface area contributed by atoms with E-state index >= 15 is 0 Å². The summed E-state index contributed by atoms with van der Waals surface area (Å²) in [7, 11) is 0. The number of Topliss-reactive ketones (excluding diaryl/α,β-unsaturated/α-hetero) is 1. The first-order valence-corrected chi connectivity index (χ1v) is 8.51. The average molecular weight is 330 g/mol. The van der Waals surface area contributed by atoms with E-state index in [2.05, 4.69) is 15.5 Å². The Kier molecular flexibility index (Phi) is 4.35. The van der Waals surface area contributed by atoms with Crippen LogP contribution in [-0.2, 0) is 0 Å². The molecule has 2 heterocycles. The Bertz CT molecular complexity index is 809. The molecule has 0 amide bonds. The minimum atomic E-state index is 0.0990. The van der Waals surface area contributed by atoms with Crippen molar-refractivity contribution in [3.63, 3.8) is 0 Å². The summed E-state index contributed by atoms with van der Waals surface area (Å²) in [6, 6.07) is 11.7. The minimum Gasteiger partial charge on any atom is -0.292 e. The number of benzene rings is 1. The smallest absolute Gasteiger partial charge is 0.214 e. The Morgan fingerprint density at radius 2 is 2.14 bits per heavy atom. The van der Waals surface area contributed by atoms with Gasteiger partial charge in [-0.15, -0.1) is 16.4 Å². The standard InChI is InChI=1S/C15H14N4OS2/c1-10-4-3-5-12(8-10)19-15(16-17-18-19)21-9-13(20)14-7-6-11(2)22-14/h3-8H,9H2,1-2H3. The number of nitrogens with zero attached hydrogens (tertiary/aromatic N) is 4. The Labute approximate surface area is 136 Å². The maximum atomic E-state index is 12.2. The second-order valence-electron chi connectivity index (χ2n) is 4.83. The number of carbonyl (C=O) groups excluding carboxylic acids is 1. The van der Waals surface area contributed by atoms with Gasteiger partial charge in [-0.3, -0.25) is 4.79 Å². The summed E-state index contributed by atoms with van der Waals surface area (Å²) in [5.41, 5.74) is 2.03. The van der Waals surface area contributed by atoms with Crippen molar-refractivity contribution >= 4 is 28.9 Å². The summed E-state index contributed by atoms with van der Waals surface area (Å²) in [6.45, 7) is 4.01. The quantitative estimate of drug-likeness (QED) is 0.530. The zero-order valence-electron chi connectivity index (χ0n) is 12.2. The Hall–Kier alpha value is -1.99. The van der Waals surface area contributed by atoms with Crippen LogP contribution in [0, 0.1) is 13.8 Å². The molecule has 0 saturated carbocycles. The van der Waals surface area contributed by atoms with Crippen molar-refractivity contribution in [1.82, 2.24) is 20.2 Å². The number of rotatable bonds is 5. The van der Waals surface area contributed by atoms with Crippen LogP contribution in [0.4, 0.5) is 0 Å². The highest BCUT2D eigenvalue weighted by Crippen LogP contribution is 2.22. The summed E-state index contributed by atoms with van der Waals surface area (Å²) in [5, 5.41) is 12.4. The average Bonchev–Trinajstić information content (AvgIpc) is 3.13. The summed E-state index contributed by atoms with van der Waals surface area (Å²) in [4.78, 5) is 14.1.